The number of amides is 3. The number of hydrogen-bond acceptors (Lipinski definition) is 3. The summed E-state index contributed by atoms with van der Waals surface area (Å²) in [5.74, 6) is -0.989. The van der Waals surface area contributed by atoms with Gasteiger partial charge in [-0.3, -0.25) is 14.4 Å². The molecule has 0 aromatic heterocycles. The van der Waals surface area contributed by atoms with Crippen molar-refractivity contribution in [2.75, 3.05) is 10.2 Å². The first-order chi connectivity index (χ1) is 13.5. The number of carbonyl (C=O) groups excluding carboxylic acids is 3. The van der Waals surface area contributed by atoms with Crippen molar-refractivity contribution in [1.82, 2.24) is 0 Å². The van der Waals surface area contributed by atoms with Gasteiger partial charge in [0.15, 0.2) is 0 Å². The Hall–Kier alpha value is -3.44. The van der Waals surface area contributed by atoms with Crippen LogP contribution < -0.4 is 10.2 Å². The number of nitrogens with one attached hydrogen (secondary N) is 1. The number of hydrogen-bond donors (Lipinski definition) is 1. The summed E-state index contributed by atoms with van der Waals surface area (Å²) in [6.07, 6.45) is 0.220. The van der Waals surface area contributed by atoms with Gasteiger partial charge in [-0.05, 0) is 35.9 Å². The number of halogens is 1. The minimum atomic E-state index is -0.391. The van der Waals surface area contributed by atoms with E-state index in [0.717, 1.165) is 10.5 Å². The Morgan fingerprint density at radius 3 is 2.07 bits per heavy atom. The van der Waals surface area contributed by atoms with E-state index in [2.05, 4.69) is 5.32 Å². The Morgan fingerprint density at radius 2 is 1.46 bits per heavy atom. The number of imide groups is 1. The first-order valence-corrected chi connectivity index (χ1v) is 9.03. The van der Waals surface area contributed by atoms with Gasteiger partial charge >= 0.3 is 0 Å². The Balaban J connectivity index is 1.53. The standard InChI is InChI=1S/C22H15ClN2O3/c23-18-13-15(25-21(27)16-8-4-5-9-17(16)22(25)28)10-11-19(18)24-20(26)12-14-6-2-1-3-7-14/h1-11,13H,12H2,(H,24,26). The molecule has 4 rings (SSSR count). The minimum Gasteiger partial charge on any atom is -0.324 e. The van der Waals surface area contributed by atoms with Crippen molar-refractivity contribution >= 4 is 40.7 Å². The van der Waals surface area contributed by atoms with Gasteiger partial charge in [-0.2, -0.15) is 0 Å². The van der Waals surface area contributed by atoms with Gasteiger partial charge in [-0.15, -0.1) is 0 Å². The maximum Gasteiger partial charge on any atom is 0.266 e. The highest BCUT2D eigenvalue weighted by Crippen LogP contribution is 2.32. The van der Waals surface area contributed by atoms with Gasteiger partial charge in [0.05, 0.1) is 33.9 Å². The highest BCUT2D eigenvalue weighted by atomic mass is 35.5. The lowest BCUT2D eigenvalue weighted by molar-refractivity contribution is -0.115. The molecule has 0 spiro atoms. The molecule has 0 saturated carbocycles. The molecule has 3 aromatic rings. The van der Waals surface area contributed by atoms with E-state index in [1.54, 1.807) is 36.4 Å². The van der Waals surface area contributed by atoms with Gasteiger partial charge in [0, 0.05) is 0 Å². The summed E-state index contributed by atoms with van der Waals surface area (Å²) in [7, 11) is 0. The monoisotopic (exact) mass is 390 g/mol. The van der Waals surface area contributed by atoms with Crippen molar-refractivity contribution < 1.29 is 14.4 Å². The molecule has 0 saturated heterocycles. The van der Waals surface area contributed by atoms with Gasteiger partial charge in [-0.1, -0.05) is 54.1 Å². The summed E-state index contributed by atoms with van der Waals surface area (Å²) in [6, 6.07) is 20.7. The molecule has 0 fully saturated rings. The number of fused-ring (bicyclic) bond motifs is 1. The van der Waals surface area contributed by atoms with Crippen LogP contribution in [-0.4, -0.2) is 17.7 Å². The lowest BCUT2D eigenvalue weighted by Gasteiger charge is -2.16. The Labute approximate surface area is 166 Å². The summed E-state index contributed by atoms with van der Waals surface area (Å²) >= 11 is 6.30. The van der Waals surface area contributed by atoms with Crippen LogP contribution >= 0.6 is 11.6 Å². The van der Waals surface area contributed by atoms with E-state index in [1.165, 1.54) is 6.07 Å². The average Bonchev–Trinajstić information content (AvgIpc) is 2.95. The second-order valence-electron chi connectivity index (χ2n) is 6.37. The van der Waals surface area contributed by atoms with Crippen LogP contribution in [0.2, 0.25) is 5.02 Å². The summed E-state index contributed by atoms with van der Waals surface area (Å²) in [5, 5.41) is 3.00. The summed E-state index contributed by atoms with van der Waals surface area (Å²) in [5.41, 5.74) is 2.40. The highest BCUT2D eigenvalue weighted by molar-refractivity contribution is 6.36. The number of nitrogens with zero attached hydrogens (tertiary/aromatic N) is 1. The Morgan fingerprint density at radius 1 is 0.857 bits per heavy atom. The molecule has 1 N–H and O–H groups in total. The molecule has 5 nitrogen and oxygen atoms in total. The van der Waals surface area contributed by atoms with E-state index in [0.29, 0.717) is 22.5 Å². The fraction of sp³-hybridized carbons (Fsp3) is 0.0455. The molecule has 1 aliphatic rings. The van der Waals surface area contributed by atoms with Crippen molar-refractivity contribution in [3.63, 3.8) is 0 Å². The van der Waals surface area contributed by atoms with E-state index in [4.69, 9.17) is 11.6 Å². The van der Waals surface area contributed by atoms with Gasteiger partial charge < -0.3 is 5.32 Å². The van der Waals surface area contributed by atoms with E-state index in [9.17, 15) is 14.4 Å². The molecule has 0 atom stereocenters. The van der Waals surface area contributed by atoms with Crippen LogP contribution in [0.3, 0.4) is 0 Å². The van der Waals surface area contributed by atoms with Crippen molar-refractivity contribution in [2.24, 2.45) is 0 Å². The van der Waals surface area contributed by atoms with Crippen LogP contribution in [0.5, 0.6) is 0 Å². The van der Waals surface area contributed by atoms with E-state index in [1.807, 2.05) is 30.3 Å². The van der Waals surface area contributed by atoms with Gasteiger partial charge in [0.25, 0.3) is 11.8 Å². The maximum atomic E-state index is 12.6. The smallest absolute Gasteiger partial charge is 0.266 e. The first kappa shape index (κ1) is 17.9. The Kier molecular flexibility index (Phi) is 4.67. The predicted molar refractivity (Wildman–Crippen MR) is 108 cm³/mol. The maximum absolute atomic E-state index is 12.6. The second-order valence-corrected chi connectivity index (χ2v) is 6.77. The molecule has 3 aromatic carbocycles. The zero-order valence-electron chi connectivity index (χ0n) is 14.7. The molecule has 3 amide bonds. The Bertz CT molecular complexity index is 1060. The molecule has 1 heterocycles. The summed E-state index contributed by atoms with van der Waals surface area (Å²) in [6.45, 7) is 0. The second kappa shape index (κ2) is 7.29. The first-order valence-electron chi connectivity index (χ1n) is 8.66. The third kappa shape index (κ3) is 3.28. The minimum absolute atomic E-state index is 0.207. The lowest BCUT2D eigenvalue weighted by atomic mass is 10.1. The fourth-order valence-electron chi connectivity index (χ4n) is 3.14. The van der Waals surface area contributed by atoms with Crippen LogP contribution in [0.15, 0.2) is 72.8 Å². The molecule has 1 aliphatic heterocycles. The third-order valence-corrected chi connectivity index (χ3v) is 4.80. The molecule has 0 bridgehead atoms. The SMILES string of the molecule is O=C(Cc1ccccc1)Nc1ccc(N2C(=O)c3ccccc3C2=O)cc1Cl. The number of rotatable bonds is 4. The van der Waals surface area contributed by atoms with E-state index < -0.39 is 11.8 Å². The summed E-state index contributed by atoms with van der Waals surface area (Å²) < 4.78 is 0. The van der Waals surface area contributed by atoms with Crippen molar-refractivity contribution in [1.29, 1.82) is 0 Å². The average molecular weight is 391 g/mol. The molecule has 28 heavy (non-hydrogen) atoms. The molecule has 0 unspecified atom stereocenters. The van der Waals surface area contributed by atoms with Crippen LogP contribution in [0.4, 0.5) is 11.4 Å². The van der Waals surface area contributed by atoms with Crippen molar-refractivity contribution in [3.05, 3.63) is 94.5 Å². The van der Waals surface area contributed by atoms with Crippen LogP contribution in [0, 0.1) is 0 Å². The molecular weight excluding hydrogens is 376 g/mol. The molecule has 6 heteroatoms. The molecule has 0 aliphatic carbocycles. The fourth-order valence-corrected chi connectivity index (χ4v) is 3.37. The topological polar surface area (TPSA) is 66.5 Å². The lowest BCUT2D eigenvalue weighted by Crippen LogP contribution is -2.29. The van der Waals surface area contributed by atoms with Crippen molar-refractivity contribution in [2.45, 2.75) is 6.42 Å². The number of carbonyl (C=O) groups is 3. The zero-order valence-corrected chi connectivity index (χ0v) is 15.4. The third-order valence-electron chi connectivity index (χ3n) is 4.49. The van der Waals surface area contributed by atoms with E-state index >= 15 is 0 Å². The quantitative estimate of drug-likeness (QED) is 0.674. The van der Waals surface area contributed by atoms with Crippen molar-refractivity contribution in [3.8, 4) is 0 Å². The summed E-state index contributed by atoms with van der Waals surface area (Å²) in [4.78, 5) is 38.5. The van der Waals surface area contributed by atoms with Crippen LogP contribution in [0.1, 0.15) is 26.3 Å². The number of anilines is 2. The molecular formula is C22H15ClN2O3. The predicted octanol–water partition coefficient (Wildman–Crippen LogP) is 4.32. The van der Waals surface area contributed by atoms with Gasteiger partial charge in [0.2, 0.25) is 5.91 Å². The van der Waals surface area contributed by atoms with Crippen LogP contribution in [-0.2, 0) is 11.2 Å². The normalized spacial score (nSPS) is 12.8. The highest BCUT2D eigenvalue weighted by Gasteiger charge is 2.36. The zero-order chi connectivity index (χ0) is 19.7. The van der Waals surface area contributed by atoms with Gasteiger partial charge in [0.1, 0.15) is 0 Å². The molecule has 138 valence electrons. The van der Waals surface area contributed by atoms with E-state index in [-0.39, 0.29) is 17.4 Å². The van der Waals surface area contributed by atoms with Crippen LogP contribution in [0.25, 0.3) is 0 Å². The van der Waals surface area contributed by atoms with Gasteiger partial charge in [-0.25, -0.2) is 4.90 Å². The molecule has 0 radical (unpaired) electrons. The largest absolute Gasteiger partial charge is 0.324 e. The number of benzene rings is 3.